The molecule has 3 heteroatoms. The van der Waals surface area contributed by atoms with Gasteiger partial charge in [0.15, 0.2) is 0 Å². The van der Waals surface area contributed by atoms with E-state index >= 15 is 0 Å². The fourth-order valence-electron chi connectivity index (χ4n) is 3.54. The third-order valence-corrected chi connectivity index (χ3v) is 4.75. The molecule has 23 heavy (non-hydrogen) atoms. The highest BCUT2D eigenvalue weighted by molar-refractivity contribution is 5.79. The van der Waals surface area contributed by atoms with Crippen LogP contribution in [-0.2, 0) is 16.8 Å². The maximum absolute atomic E-state index is 12.6. The fourth-order valence-corrected chi connectivity index (χ4v) is 3.54. The van der Waals surface area contributed by atoms with Crippen molar-refractivity contribution in [1.29, 1.82) is 0 Å². The number of amides is 1. The predicted octanol–water partition coefficient (Wildman–Crippen LogP) is 3.71. The Morgan fingerprint density at radius 1 is 1.13 bits per heavy atom. The maximum atomic E-state index is 12.6. The smallest absolute Gasteiger partial charge is 0.225 e. The number of carbonyl (C=O) groups excluding carboxylic acids is 1. The second-order valence-electron chi connectivity index (χ2n) is 6.63. The van der Waals surface area contributed by atoms with Crippen molar-refractivity contribution >= 4 is 11.6 Å². The molecule has 0 spiro atoms. The van der Waals surface area contributed by atoms with E-state index in [2.05, 4.69) is 36.5 Å². The molecule has 0 aromatic heterocycles. The molecule has 3 nitrogen and oxygen atoms in total. The van der Waals surface area contributed by atoms with Gasteiger partial charge in [-0.05, 0) is 43.0 Å². The second-order valence-corrected chi connectivity index (χ2v) is 6.63. The lowest BCUT2D eigenvalue weighted by Crippen LogP contribution is -2.44. The number of hydrogen-bond acceptors (Lipinski definition) is 2. The molecule has 120 valence electrons. The van der Waals surface area contributed by atoms with Crippen LogP contribution in [0.3, 0.4) is 0 Å². The number of hydrogen-bond donors (Lipinski definition) is 2. The van der Waals surface area contributed by atoms with Crippen LogP contribution in [0.15, 0.2) is 48.5 Å². The SMILES string of the molecule is Cc1cccc(C2(NC(=O)Cc3ccc(N)cc3)CCCC2)c1. The first-order valence-electron chi connectivity index (χ1n) is 8.30. The van der Waals surface area contributed by atoms with E-state index in [1.165, 1.54) is 11.1 Å². The monoisotopic (exact) mass is 308 g/mol. The summed E-state index contributed by atoms with van der Waals surface area (Å²) in [6.45, 7) is 2.10. The van der Waals surface area contributed by atoms with Gasteiger partial charge in [0.2, 0.25) is 5.91 Å². The summed E-state index contributed by atoms with van der Waals surface area (Å²) in [5, 5.41) is 3.33. The van der Waals surface area contributed by atoms with E-state index < -0.39 is 0 Å². The molecule has 0 atom stereocenters. The van der Waals surface area contributed by atoms with Gasteiger partial charge in [0, 0.05) is 5.69 Å². The van der Waals surface area contributed by atoms with Gasteiger partial charge in [0.25, 0.3) is 0 Å². The lowest BCUT2D eigenvalue weighted by atomic mass is 9.87. The standard InChI is InChI=1S/C20H24N2O/c1-15-5-4-6-17(13-15)20(11-2-3-12-20)22-19(23)14-16-7-9-18(21)10-8-16/h4-10,13H,2-3,11-12,14,21H2,1H3,(H,22,23). The number of rotatable bonds is 4. The van der Waals surface area contributed by atoms with Crippen LogP contribution in [0.25, 0.3) is 0 Å². The van der Waals surface area contributed by atoms with E-state index in [9.17, 15) is 4.79 Å². The predicted molar refractivity (Wildman–Crippen MR) is 94.0 cm³/mol. The Kier molecular flexibility index (Phi) is 4.37. The summed E-state index contributed by atoms with van der Waals surface area (Å²) in [5.41, 5.74) is 9.69. The number of nitrogens with two attached hydrogens (primary N) is 1. The molecular formula is C20H24N2O. The van der Waals surface area contributed by atoms with E-state index in [-0.39, 0.29) is 11.4 Å². The minimum absolute atomic E-state index is 0.0816. The van der Waals surface area contributed by atoms with Crippen molar-refractivity contribution in [3.63, 3.8) is 0 Å². The molecule has 0 heterocycles. The number of nitrogens with one attached hydrogen (secondary N) is 1. The van der Waals surface area contributed by atoms with E-state index in [1.807, 2.05) is 24.3 Å². The minimum atomic E-state index is -0.198. The van der Waals surface area contributed by atoms with Crippen molar-refractivity contribution < 1.29 is 4.79 Å². The Morgan fingerprint density at radius 2 is 1.83 bits per heavy atom. The second kappa shape index (κ2) is 6.45. The highest BCUT2D eigenvalue weighted by Gasteiger charge is 2.36. The summed E-state index contributed by atoms with van der Waals surface area (Å²) in [4.78, 5) is 12.6. The first kappa shape index (κ1) is 15.6. The van der Waals surface area contributed by atoms with Crippen molar-refractivity contribution in [1.82, 2.24) is 5.32 Å². The van der Waals surface area contributed by atoms with Crippen LogP contribution in [0, 0.1) is 6.92 Å². The molecule has 3 N–H and O–H groups in total. The Labute approximate surface area is 137 Å². The number of aryl methyl sites for hydroxylation is 1. The van der Waals surface area contributed by atoms with E-state index in [1.54, 1.807) is 0 Å². The lowest BCUT2D eigenvalue weighted by molar-refractivity contribution is -0.122. The van der Waals surface area contributed by atoms with Crippen molar-refractivity contribution in [2.45, 2.75) is 44.6 Å². The van der Waals surface area contributed by atoms with Crippen LogP contribution in [0.2, 0.25) is 0 Å². The lowest BCUT2D eigenvalue weighted by Gasteiger charge is -2.31. The number of nitrogen functional groups attached to an aromatic ring is 1. The van der Waals surface area contributed by atoms with Gasteiger partial charge in [0.05, 0.1) is 12.0 Å². The van der Waals surface area contributed by atoms with Crippen LogP contribution in [0.1, 0.15) is 42.4 Å². The largest absolute Gasteiger partial charge is 0.399 e. The summed E-state index contributed by atoms with van der Waals surface area (Å²) in [6.07, 6.45) is 4.76. The van der Waals surface area contributed by atoms with E-state index in [0.29, 0.717) is 6.42 Å². The third kappa shape index (κ3) is 3.55. The molecule has 0 radical (unpaired) electrons. The van der Waals surface area contributed by atoms with Crippen molar-refractivity contribution in [2.75, 3.05) is 5.73 Å². The van der Waals surface area contributed by atoms with Crippen LogP contribution in [-0.4, -0.2) is 5.91 Å². The zero-order chi connectivity index (χ0) is 16.3. The first-order valence-corrected chi connectivity index (χ1v) is 8.30. The van der Waals surface area contributed by atoms with Gasteiger partial charge in [-0.2, -0.15) is 0 Å². The van der Waals surface area contributed by atoms with Crippen LogP contribution < -0.4 is 11.1 Å². The average Bonchev–Trinajstić information content (AvgIpc) is 2.99. The van der Waals surface area contributed by atoms with Gasteiger partial charge in [0.1, 0.15) is 0 Å². The Morgan fingerprint density at radius 3 is 2.48 bits per heavy atom. The molecule has 0 saturated heterocycles. The Balaban J connectivity index is 1.77. The van der Waals surface area contributed by atoms with Gasteiger partial charge in [-0.25, -0.2) is 0 Å². The van der Waals surface area contributed by atoms with Gasteiger partial charge < -0.3 is 11.1 Å². The molecule has 1 aliphatic carbocycles. The minimum Gasteiger partial charge on any atom is -0.399 e. The topological polar surface area (TPSA) is 55.1 Å². The molecule has 0 aliphatic heterocycles. The van der Waals surface area contributed by atoms with Gasteiger partial charge in [-0.1, -0.05) is 54.8 Å². The van der Waals surface area contributed by atoms with E-state index in [4.69, 9.17) is 5.73 Å². The average molecular weight is 308 g/mol. The zero-order valence-electron chi connectivity index (χ0n) is 13.6. The summed E-state index contributed by atoms with van der Waals surface area (Å²) in [5.74, 6) is 0.0816. The quantitative estimate of drug-likeness (QED) is 0.846. The van der Waals surface area contributed by atoms with Gasteiger partial charge in [-0.3, -0.25) is 4.79 Å². The molecule has 2 aromatic carbocycles. The molecule has 1 amide bonds. The number of anilines is 1. The summed E-state index contributed by atoms with van der Waals surface area (Å²) < 4.78 is 0. The van der Waals surface area contributed by atoms with Gasteiger partial charge in [-0.15, -0.1) is 0 Å². The highest BCUT2D eigenvalue weighted by atomic mass is 16.1. The molecule has 3 rings (SSSR count). The maximum Gasteiger partial charge on any atom is 0.225 e. The summed E-state index contributed by atoms with van der Waals surface area (Å²) in [7, 11) is 0. The number of carbonyl (C=O) groups is 1. The molecule has 2 aromatic rings. The van der Waals surface area contributed by atoms with Crippen molar-refractivity contribution in [2.24, 2.45) is 0 Å². The fraction of sp³-hybridized carbons (Fsp3) is 0.350. The van der Waals surface area contributed by atoms with E-state index in [0.717, 1.165) is 36.9 Å². The van der Waals surface area contributed by atoms with Crippen molar-refractivity contribution in [3.8, 4) is 0 Å². The Hall–Kier alpha value is -2.29. The van der Waals surface area contributed by atoms with Crippen LogP contribution >= 0.6 is 0 Å². The highest BCUT2D eigenvalue weighted by Crippen LogP contribution is 2.39. The third-order valence-electron chi connectivity index (χ3n) is 4.75. The van der Waals surface area contributed by atoms with Crippen molar-refractivity contribution in [3.05, 3.63) is 65.2 Å². The number of benzene rings is 2. The first-order chi connectivity index (χ1) is 11.1. The molecular weight excluding hydrogens is 284 g/mol. The molecule has 0 unspecified atom stereocenters. The molecule has 0 bridgehead atoms. The Bertz CT molecular complexity index is 685. The normalized spacial score (nSPS) is 16.2. The molecule has 1 fully saturated rings. The summed E-state index contributed by atoms with van der Waals surface area (Å²) in [6, 6.07) is 16.0. The van der Waals surface area contributed by atoms with Crippen LogP contribution in [0.4, 0.5) is 5.69 Å². The van der Waals surface area contributed by atoms with Crippen LogP contribution in [0.5, 0.6) is 0 Å². The molecule has 1 aliphatic rings. The summed E-state index contributed by atoms with van der Waals surface area (Å²) >= 11 is 0. The van der Waals surface area contributed by atoms with Gasteiger partial charge >= 0.3 is 0 Å². The molecule has 1 saturated carbocycles. The zero-order valence-corrected chi connectivity index (χ0v) is 13.6.